The summed E-state index contributed by atoms with van der Waals surface area (Å²) in [5.41, 5.74) is -0.0608. The Balaban J connectivity index is 1.55. The van der Waals surface area contributed by atoms with Crippen molar-refractivity contribution in [1.29, 1.82) is 0 Å². The number of rotatable bonds is 5. The van der Waals surface area contributed by atoms with Gasteiger partial charge in [-0.25, -0.2) is 13.1 Å². The zero-order valence-electron chi connectivity index (χ0n) is 14.2. The first-order valence-corrected chi connectivity index (χ1v) is 11.0. The van der Waals surface area contributed by atoms with Crippen molar-refractivity contribution in [2.24, 2.45) is 0 Å². The third-order valence-electron chi connectivity index (χ3n) is 4.38. The van der Waals surface area contributed by atoms with Crippen LogP contribution >= 0.6 is 22.9 Å². The smallest absolute Gasteiger partial charge is 0.299 e. The van der Waals surface area contributed by atoms with Crippen LogP contribution in [0.1, 0.15) is 24.0 Å². The molecule has 148 valence electrons. The third-order valence-corrected chi connectivity index (χ3v) is 7.63. The molecule has 1 fully saturated rings. The van der Waals surface area contributed by atoms with Gasteiger partial charge in [0.2, 0.25) is 10.0 Å². The van der Waals surface area contributed by atoms with Gasteiger partial charge in [-0.1, -0.05) is 29.8 Å². The first-order chi connectivity index (χ1) is 12.6. The lowest BCUT2D eigenvalue weighted by molar-refractivity contribution is -0.137. The minimum Gasteiger partial charge on any atom is -0.299 e. The molecule has 0 bridgehead atoms. The van der Waals surface area contributed by atoms with E-state index in [0.29, 0.717) is 42.4 Å². The van der Waals surface area contributed by atoms with Crippen LogP contribution in [-0.2, 0) is 22.7 Å². The monoisotopic (exact) mass is 438 g/mol. The van der Waals surface area contributed by atoms with Gasteiger partial charge in [0, 0.05) is 25.7 Å². The fraction of sp³-hybridized carbons (Fsp3) is 0.412. The molecule has 0 saturated carbocycles. The molecule has 2 heterocycles. The summed E-state index contributed by atoms with van der Waals surface area (Å²) in [4.78, 5) is 2.03. The quantitative estimate of drug-likeness (QED) is 0.754. The Labute approximate surface area is 165 Å². The second-order valence-corrected chi connectivity index (χ2v) is 10.1. The molecule has 1 N–H and O–H groups in total. The summed E-state index contributed by atoms with van der Waals surface area (Å²) in [6.45, 7) is 1.62. The Bertz CT molecular complexity index is 892. The molecular weight excluding hydrogens is 421 g/mol. The number of thiophene rings is 1. The number of nitrogens with zero attached hydrogens (tertiary/aromatic N) is 1. The van der Waals surface area contributed by atoms with Crippen LogP contribution in [0.5, 0.6) is 0 Å². The number of nitrogens with one attached hydrogen (secondary N) is 1. The Morgan fingerprint density at radius 2 is 1.89 bits per heavy atom. The van der Waals surface area contributed by atoms with E-state index >= 15 is 0 Å². The molecule has 1 aromatic carbocycles. The molecule has 0 amide bonds. The molecule has 1 saturated heterocycles. The van der Waals surface area contributed by atoms with E-state index in [-0.39, 0.29) is 10.3 Å². The van der Waals surface area contributed by atoms with Crippen LogP contribution in [0.25, 0.3) is 0 Å². The highest BCUT2D eigenvalue weighted by Gasteiger charge is 2.31. The van der Waals surface area contributed by atoms with Gasteiger partial charge in [-0.15, -0.1) is 11.3 Å². The van der Waals surface area contributed by atoms with Gasteiger partial charge in [0.05, 0.1) is 9.90 Å². The zero-order chi connectivity index (χ0) is 19.7. The number of alkyl halides is 3. The molecule has 0 radical (unpaired) electrons. The van der Waals surface area contributed by atoms with Crippen LogP contribution in [0, 0.1) is 0 Å². The van der Waals surface area contributed by atoms with Crippen LogP contribution in [0.3, 0.4) is 0 Å². The van der Waals surface area contributed by atoms with Gasteiger partial charge >= 0.3 is 6.18 Å². The van der Waals surface area contributed by atoms with Crippen molar-refractivity contribution >= 4 is 33.0 Å². The third kappa shape index (κ3) is 5.45. The summed E-state index contributed by atoms with van der Waals surface area (Å²) in [7, 11) is -3.60. The molecule has 0 unspecified atom stereocenters. The first-order valence-electron chi connectivity index (χ1n) is 8.30. The van der Waals surface area contributed by atoms with Crippen LogP contribution in [0.4, 0.5) is 13.2 Å². The highest BCUT2D eigenvalue weighted by Crippen LogP contribution is 2.30. The fourth-order valence-electron chi connectivity index (χ4n) is 3.03. The molecule has 27 heavy (non-hydrogen) atoms. The topological polar surface area (TPSA) is 49.4 Å². The predicted molar refractivity (Wildman–Crippen MR) is 99.4 cm³/mol. The fourth-order valence-corrected chi connectivity index (χ4v) is 5.84. The number of piperidine rings is 1. The van der Waals surface area contributed by atoms with Gasteiger partial charge in [0.1, 0.15) is 4.21 Å². The number of hydrogen-bond acceptors (Lipinski definition) is 4. The number of halogens is 4. The van der Waals surface area contributed by atoms with Crippen LogP contribution < -0.4 is 4.72 Å². The second kappa shape index (κ2) is 8.08. The van der Waals surface area contributed by atoms with Gasteiger partial charge in [0.15, 0.2) is 0 Å². The van der Waals surface area contributed by atoms with Gasteiger partial charge in [-0.05, 0) is 36.6 Å². The van der Waals surface area contributed by atoms with E-state index in [1.54, 1.807) is 12.1 Å². The summed E-state index contributed by atoms with van der Waals surface area (Å²) in [5, 5.41) is 0. The lowest BCUT2D eigenvalue weighted by Crippen LogP contribution is -2.44. The van der Waals surface area contributed by atoms with Crippen molar-refractivity contribution < 1.29 is 21.6 Å². The van der Waals surface area contributed by atoms with Crippen molar-refractivity contribution in [2.75, 3.05) is 13.1 Å². The molecular formula is C17H18ClF3N2O2S2. The summed E-state index contributed by atoms with van der Waals surface area (Å²) in [5.74, 6) is 0. The summed E-state index contributed by atoms with van der Waals surface area (Å²) in [6, 6.07) is 8.11. The van der Waals surface area contributed by atoms with Crippen LogP contribution in [0.15, 0.2) is 40.6 Å². The van der Waals surface area contributed by atoms with Gasteiger partial charge in [-0.2, -0.15) is 13.2 Å². The molecule has 0 aliphatic carbocycles. The van der Waals surface area contributed by atoms with E-state index in [9.17, 15) is 21.6 Å². The SMILES string of the molecule is O=S(=O)(NC1CCN(Cc2cccc(C(F)(F)F)c2)CC1)c1ccc(Cl)s1. The van der Waals surface area contributed by atoms with E-state index in [2.05, 4.69) is 4.72 Å². The largest absolute Gasteiger partial charge is 0.416 e. The minimum absolute atomic E-state index is 0.180. The van der Waals surface area contributed by atoms with Crippen molar-refractivity contribution in [2.45, 2.75) is 35.8 Å². The molecule has 0 spiro atoms. The lowest BCUT2D eigenvalue weighted by atomic mass is 10.0. The van der Waals surface area contributed by atoms with Gasteiger partial charge in [0.25, 0.3) is 0 Å². The summed E-state index contributed by atoms with van der Waals surface area (Å²) >= 11 is 6.80. The highest BCUT2D eigenvalue weighted by molar-refractivity contribution is 7.91. The summed E-state index contributed by atoms with van der Waals surface area (Å²) in [6.07, 6.45) is -3.17. The maximum absolute atomic E-state index is 12.8. The van der Waals surface area contributed by atoms with E-state index < -0.39 is 21.8 Å². The normalized spacial score (nSPS) is 17.3. The zero-order valence-corrected chi connectivity index (χ0v) is 16.6. The standard InChI is InChI=1S/C17H18ClF3N2O2S2/c18-15-4-5-16(26-15)27(24,25)22-14-6-8-23(9-7-14)11-12-2-1-3-13(10-12)17(19,20)21/h1-5,10,14,22H,6-9,11H2. The van der Waals surface area contributed by atoms with E-state index in [1.807, 2.05) is 4.90 Å². The average molecular weight is 439 g/mol. The molecule has 1 aliphatic heterocycles. The number of sulfonamides is 1. The van der Waals surface area contributed by atoms with E-state index in [1.165, 1.54) is 12.1 Å². The highest BCUT2D eigenvalue weighted by atomic mass is 35.5. The maximum Gasteiger partial charge on any atom is 0.416 e. The molecule has 1 aromatic heterocycles. The first kappa shape index (κ1) is 20.6. The molecule has 2 aromatic rings. The Kier molecular flexibility index (Phi) is 6.17. The predicted octanol–water partition coefficient (Wildman–Crippen LogP) is 4.36. The molecule has 10 heteroatoms. The molecule has 3 rings (SSSR count). The Hall–Kier alpha value is -1.13. The van der Waals surface area contributed by atoms with Crippen molar-refractivity contribution in [3.63, 3.8) is 0 Å². The maximum atomic E-state index is 12.8. The van der Waals surface area contributed by atoms with Gasteiger partial charge in [-0.3, -0.25) is 4.90 Å². The number of likely N-dealkylation sites (tertiary alicyclic amines) is 1. The average Bonchev–Trinajstić information content (AvgIpc) is 3.03. The Morgan fingerprint density at radius 1 is 1.19 bits per heavy atom. The minimum atomic E-state index is -4.36. The number of hydrogen-bond donors (Lipinski definition) is 1. The van der Waals surface area contributed by atoms with Crippen molar-refractivity contribution in [3.05, 3.63) is 51.9 Å². The summed E-state index contributed by atoms with van der Waals surface area (Å²) < 4.78 is 66.4. The van der Waals surface area contributed by atoms with Crippen LogP contribution in [-0.4, -0.2) is 32.4 Å². The lowest BCUT2D eigenvalue weighted by Gasteiger charge is -2.32. The number of benzene rings is 1. The van der Waals surface area contributed by atoms with Crippen molar-refractivity contribution in [1.82, 2.24) is 9.62 Å². The van der Waals surface area contributed by atoms with Crippen LogP contribution in [0.2, 0.25) is 4.34 Å². The Morgan fingerprint density at radius 3 is 2.48 bits per heavy atom. The second-order valence-electron chi connectivity index (χ2n) is 6.43. The van der Waals surface area contributed by atoms with E-state index in [0.717, 1.165) is 23.5 Å². The van der Waals surface area contributed by atoms with Gasteiger partial charge < -0.3 is 0 Å². The molecule has 1 aliphatic rings. The van der Waals surface area contributed by atoms with E-state index in [4.69, 9.17) is 11.6 Å². The molecule has 0 atom stereocenters. The van der Waals surface area contributed by atoms with Crippen molar-refractivity contribution in [3.8, 4) is 0 Å². The molecule has 4 nitrogen and oxygen atoms in total.